The number of carbonyl (C=O) groups is 12. The molecule has 6 amide bonds. The van der Waals surface area contributed by atoms with Crippen molar-refractivity contribution in [2.75, 3.05) is 42.6 Å². The van der Waals surface area contributed by atoms with E-state index in [1.807, 2.05) is 0 Å². The number of amides is 6. The van der Waals surface area contributed by atoms with Crippen molar-refractivity contribution in [3.63, 3.8) is 0 Å². The highest BCUT2D eigenvalue weighted by Gasteiger charge is 2.29. The third-order valence-electron chi connectivity index (χ3n) is 8.61. The second-order valence-corrected chi connectivity index (χ2v) is 17.2. The number of phenolic OH excluding ortho intramolecular Hbond substituents is 1. The molecular weight excluding hydrogens is 973 g/mol. The van der Waals surface area contributed by atoms with E-state index in [2.05, 4.69) is 31.9 Å². The van der Waals surface area contributed by atoms with Gasteiger partial charge in [-0.05, 0) is 25.3 Å². The first-order chi connectivity index (χ1) is 31.7. The van der Waals surface area contributed by atoms with Gasteiger partial charge in [-0.15, -0.1) is 35.3 Å². The number of hydrogen-bond acceptors (Lipinski definition) is 20. The first kappa shape index (κ1) is 59.4. The van der Waals surface area contributed by atoms with Gasteiger partial charge in [-0.2, -0.15) is 0 Å². The molecule has 0 saturated carbocycles. The van der Waals surface area contributed by atoms with E-state index in [9.17, 15) is 62.6 Å². The molecule has 0 heterocycles. The monoisotopic (exact) mass is 1020 g/mol. The molecular formula is C36H52N10O19S3. The number of rotatable bonds is 33. The van der Waals surface area contributed by atoms with Crippen LogP contribution in [0.2, 0.25) is 0 Å². The number of thioether (sulfide) groups is 3. The summed E-state index contributed by atoms with van der Waals surface area (Å²) in [6.07, 6.45) is -2.60. The average Bonchev–Trinajstić information content (AvgIpc) is 3.26. The normalized spacial score (nSPS) is 13.5. The number of carboxylic acid groups (broad SMARTS) is 6. The molecule has 0 aliphatic carbocycles. The van der Waals surface area contributed by atoms with E-state index in [1.54, 1.807) is 0 Å². The molecule has 0 aromatic heterocycles. The first-order valence-corrected chi connectivity index (χ1v) is 22.5. The number of carboxylic acids is 6. The fourth-order valence-electron chi connectivity index (χ4n) is 4.96. The number of hydrogen-bond donors (Lipinski definition) is 17. The minimum absolute atomic E-state index is 0.0510. The third-order valence-corrected chi connectivity index (χ3v) is 12.3. The SMILES string of the molecule is Nc1c(SC[C@@H](NC(=O)CC[C@H](N)C(=O)O)C(=O)NCC(=O)O)cc(O)c(SC[C@@H](NC(=O)CC[C@H](N)C(=O)O)C(=O)NCC(=O)O)c1SC[C@@H](NC(=O)CC[C@H](N)C(=O)O)C(=O)NCC(=O)O. The molecule has 6 atom stereocenters. The van der Waals surface area contributed by atoms with Gasteiger partial charge in [0.15, 0.2) is 0 Å². The zero-order chi connectivity index (χ0) is 51.8. The maximum absolute atomic E-state index is 13.2. The molecule has 0 fully saturated rings. The summed E-state index contributed by atoms with van der Waals surface area (Å²) in [5.74, 6) is -16.6. The van der Waals surface area contributed by atoms with Gasteiger partial charge >= 0.3 is 35.8 Å². The summed E-state index contributed by atoms with van der Waals surface area (Å²) in [5, 5.41) is 79.4. The summed E-state index contributed by atoms with van der Waals surface area (Å²) in [5.41, 5.74) is 22.8. The summed E-state index contributed by atoms with van der Waals surface area (Å²) in [6.45, 7) is -2.71. The average molecular weight is 1030 g/mol. The number of anilines is 1. The van der Waals surface area contributed by atoms with Crippen LogP contribution in [0.15, 0.2) is 20.8 Å². The molecule has 0 unspecified atom stereocenters. The number of benzene rings is 1. The van der Waals surface area contributed by atoms with Gasteiger partial charge in [0, 0.05) is 46.3 Å². The lowest BCUT2D eigenvalue weighted by Crippen LogP contribution is -2.49. The number of nitrogens with one attached hydrogen (secondary N) is 6. The van der Waals surface area contributed by atoms with Crippen molar-refractivity contribution in [2.24, 2.45) is 17.2 Å². The van der Waals surface area contributed by atoms with Gasteiger partial charge in [-0.1, -0.05) is 0 Å². The number of carbonyl (C=O) groups excluding carboxylic acids is 6. The van der Waals surface area contributed by atoms with Crippen LogP contribution in [0, 0.1) is 0 Å². The molecule has 68 heavy (non-hydrogen) atoms. The lowest BCUT2D eigenvalue weighted by molar-refractivity contribution is -0.140. The third kappa shape index (κ3) is 22.7. The molecule has 32 heteroatoms. The van der Waals surface area contributed by atoms with E-state index < -0.39 is 169 Å². The fraction of sp³-hybridized carbons (Fsp3) is 0.500. The standard InChI is InChI=1S/C36H52N10O19S3/c37-14(34(60)61)1-4-22(48)44-17(31(57)41-8-25(51)52)11-66-21-7-20(47)29(67-12-18(32(58)42-9-26(53)54)45-23(49)5-2-15(38)35(62)63)30(28(21)40)68-13-19(33(59)43-10-27(55)56)46-24(50)6-3-16(39)36(64)65/h7,14-19,47H,1-6,8-13,37-40H2,(H,41,57)(H,42,58)(H,43,59)(H,44,48)(H,45,49)(H,46,50)(H,51,52)(H,53,54)(H,55,56)(H,60,61)(H,62,63)(H,64,65)/t14-,15-,16-,17+,18+,19+/m0/s1. The lowest BCUT2D eigenvalue weighted by atomic mass is 10.1. The molecule has 0 spiro atoms. The van der Waals surface area contributed by atoms with Crippen LogP contribution in [-0.4, -0.2) is 180 Å². The zero-order valence-corrected chi connectivity index (χ0v) is 38.0. The quantitative estimate of drug-likeness (QED) is 0.0178. The number of phenols is 1. The molecule has 0 bridgehead atoms. The van der Waals surface area contributed by atoms with Crippen molar-refractivity contribution in [2.45, 2.75) is 89.5 Å². The van der Waals surface area contributed by atoms with Gasteiger partial charge in [0.2, 0.25) is 35.4 Å². The molecule has 0 radical (unpaired) electrons. The van der Waals surface area contributed by atoms with Gasteiger partial charge in [0.25, 0.3) is 0 Å². The molecule has 1 aromatic rings. The predicted octanol–water partition coefficient (Wildman–Crippen LogP) is -5.12. The molecule has 29 nitrogen and oxygen atoms in total. The van der Waals surface area contributed by atoms with Gasteiger partial charge in [0.05, 0.1) is 10.6 Å². The van der Waals surface area contributed by atoms with Crippen molar-refractivity contribution >= 4 is 112 Å². The van der Waals surface area contributed by atoms with E-state index in [1.165, 1.54) is 0 Å². The molecule has 1 rings (SSSR count). The van der Waals surface area contributed by atoms with Crippen LogP contribution in [0.25, 0.3) is 0 Å². The minimum atomic E-state index is -1.61. The Labute approximate surface area is 397 Å². The Morgan fingerprint density at radius 3 is 1.07 bits per heavy atom. The maximum atomic E-state index is 13.2. The van der Waals surface area contributed by atoms with E-state index in [-0.39, 0.29) is 39.6 Å². The van der Waals surface area contributed by atoms with Gasteiger partial charge < -0.3 is 90.6 Å². The van der Waals surface area contributed by atoms with Crippen molar-refractivity contribution in [3.05, 3.63) is 6.07 Å². The van der Waals surface area contributed by atoms with Crippen molar-refractivity contribution in [1.82, 2.24) is 31.9 Å². The molecule has 21 N–H and O–H groups in total. The summed E-state index contributed by atoms with van der Waals surface area (Å²) in [4.78, 5) is 145. The second-order valence-electron chi connectivity index (χ2n) is 14.0. The van der Waals surface area contributed by atoms with Crippen LogP contribution in [0.3, 0.4) is 0 Å². The van der Waals surface area contributed by atoms with Crippen LogP contribution in [0.1, 0.15) is 38.5 Å². The number of aromatic hydroxyl groups is 1. The Morgan fingerprint density at radius 1 is 0.485 bits per heavy atom. The molecule has 0 aliphatic heterocycles. The van der Waals surface area contributed by atoms with Crippen molar-refractivity contribution in [3.8, 4) is 5.75 Å². The van der Waals surface area contributed by atoms with E-state index in [0.717, 1.165) is 6.07 Å². The van der Waals surface area contributed by atoms with Crippen LogP contribution in [-0.2, 0) is 57.5 Å². The molecule has 1 aromatic carbocycles. The first-order valence-electron chi connectivity index (χ1n) is 19.6. The lowest BCUT2D eigenvalue weighted by Gasteiger charge is -2.23. The number of nitrogen functional groups attached to an aromatic ring is 1. The number of aliphatic carboxylic acids is 6. The Morgan fingerprint density at radius 2 is 0.779 bits per heavy atom. The highest BCUT2D eigenvalue weighted by Crippen LogP contribution is 2.46. The van der Waals surface area contributed by atoms with Crippen molar-refractivity contribution < 1.29 is 93.3 Å². The Balaban J connectivity index is 3.82. The largest absolute Gasteiger partial charge is 0.507 e. The van der Waals surface area contributed by atoms with Gasteiger partial charge in [-0.3, -0.25) is 57.5 Å². The van der Waals surface area contributed by atoms with Gasteiger partial charge in [-0.25, -0.2) is 0 Å². The van der Waals surface area contributed by atoms with E-state index >= 15 is 0 Å². The highest BCUT2D eigenvalue weighted by molar-refractivity contribution is 8.02. The maximum Gasteiger partial charge on any atom is 0.322 e. The summed E-state index contributed by atoms with van der Waals surface area (Å²) >= 11 is 1.99. The van der Waals surface area contributed by atoms with Crippen LogP contribution in [0.5, 0.6) is 5.75 Å². The molecule has 0 saturated heterocycles. The molecule has 0 aliphatic rings. The zero-order valence-electron chi connectivity index (χ0n) is 35.6. The van der Waals surface area contributed by atoms with Crippen LogP contribution < -0.4 is 54.8 Å². The highest BCUT2D eigenvalue weighted by atomic mass is 32.2. The number of nitrogens with two attached hydrogens (primary N) is 4. The molecule has 378 valence electrons. The summed E-state index contributed by atoms with van der Waals surface area (Å²) in [6, 6.07) is -8.05. The van der Waals surface area contributed by atoms with Crippen molar-refractivity contribution in [1.29, 1.82) is 0 Å². The van der Waals surface area contributed by atoms with E-state index in [4.69, 9.17) is 53.6 Å². The Kier molecular flexibility index (Phi) is 26.1. The Hall–Kier alpha value is -6.61. The van der Waals surface area contributed by atoms with Gasteiger partial charge in [0.1, 0.15) is 61.6 Å². The topological polar surface area (TPSA) is 523 Å². The minimum Gasteiger partial charge on any atom is -0.507 e. The van der Waals surface area contributed by atoms with Crippen LogP contribution >= 0.6 is 35.3 Å². The summed E-state index contributed by atoms with van der Waals surface area (Å²) in [7, 11) is 0. The smallest absolute Gasteiger partial charge is 0.322 e. The van der Waals surface area contributed by atoms with E-state index in [0.29, 0.717) is 35.3 Å². The predicted molar refractivity (Wildman–Crippen MR) is 237 cm³/mol. The fourth-order valence-corrected chi connectivity index (χ4v) is 8.50. The summed E-state index contributed by atoms with van der Waals surface area (Å²) < 4.78 is 0. The second kappa shape index (κ2) is 29.9. The van der Waals surface area contributed by atoms with Crippen LogP contribution in [0.4, 0.5) is 5.69 Å². The Bertz CT molecular complexity index is 2070.